The molecule has 0 amide bonds. The van der Waals surface area contributed by atoms with Gasteiger partial charge in [-0.05, 0) is 12.3 Å². The van der Waals surface area contributed by atoms with Gasteiger partial charge in [-0.2, -0.15) is 5.26 Å². The first-order valence-electron chi connectivity index (χ1n) is 6.01. The Balaban J connectivity index is 2.45. The molecule has 1 unspecified atom stereocenters. The van der Waals surface area contributed by atoms with Gasteiger partial charge in [-0.3, -0.25) is 0 Å². The Morgan fingerprint density at radius 3 is 2.82 bits per heavy atom. The predicted molar refractivity (Wildman–Crippen MR) is 73.6 cm³/mol. The minimum Gasteiger partial charge on any atom is -0.361 e. The van der Waals surface area contributed by atoms with E-state index in [1.807, 2.05) is 6.07 Å². The zero-order chi connectivity index (χ0) is 12.7. The second kappa shape index (κ2) is 7.52. The zero-order valence-electron chi connectivity index (χ0n) is 10.3. The molecule has 1 aromatic rings. The number of unbranched alkanes of at least 4 members (excludes halogenated alkanes) is 1. The van der Waals surface area contributed by atoms with Gasteiger partial charge in [0.2, 0.25) is 0 Å². The van der Waals surface area contributed by atoms with E-state index in [1.54, 1.807) is 0 Å². The quantitative estimate of drug-likeness (QED) is 0.804. The Labute approximate surface area is 112 Å². The van der Waals surface area contributed by atoms with Crippen molar-refractivity contribution in [3.8, 4) is 6.07 Å². The van der Waals surface area contributed by atoms with Crippen molar-refractivity contribution in [1.82, 2.24) is 4.98 Å². The number of aromatic nitrogens is 1. The first-order valence-corrected chi connectivity index (χ1v) is 7.21. The van der Waals surface area contributed by atoms with Crippen LogP contribution in [0.1, 0.15) is 44.4 Å². The van der Waals surface area contributed by atoms with Crippen LogP contribution in [0.5, 0.6) is 0 Å². The minimum atomic E-state index is 0.307. The summed E-state index contributed by atoms with van der Waals surface area (Å²) in [6.45, 7) is 5.32. The van der Waals surface area contributed by atoms with Crippen LogP contribution >= 0.6 is 22.9 Å². The lowest BCUT2D eigenvalue weighted by Gasteiger charge is -2.14. The molecular formula is C12H18ClN3S. The molecule has 0 saturated heterocycles. The Morgan fingerprint density at radius 2 is 2.29 bits per heavy atom. The molecule has 1 atom stereocenters. The Kier molecular flexibility index (Phi) is 6.31. The van der Waals surface area contributed by atoms with Crippen LogP contribution in [-0.4, -0.2) is 11.5 Å². The van der Waals surface area contributed by atoms with Crippen LogP contribution in [0.15, 0.2) is 0 Å². The number of anilines is 1. The molecular weight excluding hydrogens is 254 g/mol. The van der Waals surface area contributed by atoms with E-state index in [2.05, 4.69) is 24.1 Å². The maximum absolute atomic E-state index is 8.78. The molecule has 5 heteroatoms. The van der Waals surface area contributed by atoms with E-state index in [9.17, 15) is 0 Å². The van der Waals surface area contributed by atoms with E-state index < -0.39 is 0 Å². The fourth-order valence-corrected chi connectivity index (χ4v) is 2.57. The van der Waals surface area contributed by atoms with Gasteiger partial charge in [-0.1, -0.05) is 56.0 Å². The lowest BCUT2D eigenvalue weighted by Crippen LogP contribution is -2.13. The SMILES string of the molecule is CCCCC(CC)CNc1nc(Cl)c(C#N)s1. The molecule has 1 heterocycles. The number of nitrogens with zero attached hydrogens (tertiary/aromatic N) is 2. The molecule has 1 rings (SSSR count). The van der Waals surface area contributed by atoms with Gasteiger partial charge in [-0.15, -0.1) is 0 Å². The fraction of sp³-hybridized carbons (Fsp3) is 0.667. The Morgan fingerprint density at radius 1 is 1.53 bits per heavy atom. The van der Waals surface area contributed by atoms with Gasteiger partial charge in [0, 0.05) is 6.54 Å². The molecule has 0 saturated carbocycles. The second-order valence-electron chi connectivity index (χ2n) is 4.05. The number of hydrogen-bond donors (Lipinski definition) is 1. The van der Waals surface area contributed by atoms with Gasteiger partial charge in [0.05, 0.1) is 0 Å². The summed E-state index contributed by atoms with van der Waals surface area (Å²) in [5, 5.41) is 13.1. The summed E-state index contributed by atoms with van der Waals surface area (Å²) in [5.74, 6) is 0.670. The van der Waals surface area contributed by atoms with E-state index in [0.717, 1.165) is 18.1 Å². The molecule has 0 aliphatic carbocycles. The molecule has 1 aromatic heterocycles. The molecule has 0 spiro atoms. The fourth-order valence-electron chi connectivity index (χ4n) is 1.62. The average molecular weight is 272 g/mol. The van der Waals surface area contributed by atoms with Crippen molar-refractivity contribution in [1.29, 1.82) is 5.26 Å². The molecule has 3 nitrogen and oxygen atoms in total. The van der Waals surface area contributed by atoms with Crippen LogP contribution in [-0.2, 0) is 0 Å². The zero-order valence-corrected chi connectivity index (χ0v) is 11.9. The van der Waals surface area contributed by atoms with E-state index in [0.29, 0.717) is 15.9 Å². The summed E-state index contributed by atoms with van der Waals surface area (Å²) in [4.78, 5) is 4.60. The predicted octanol–water partition coefficient (Wildman–Crippen LogP) is 4.30. The molecule has 94 valence electrons. The largest absolute Gasteiger partial charge is 0.361 e. The van der Waals surface area contributed by atoms with E-state index in [4.69, 9.17) is 16.9 Å². The lowest BCUT2D eigenvalue weighted by atomic mass is 10.00. The summed E-state index contributed by atoms with van der Waals surface area (Å²) in [7, 11) is 0. The number of rotatable bonds is 7. The van der Waals surface area contributed by atoms with Crippen molar-refractivity contribution < 1.29 is 0 Å². The van der Waals surface area contributed by atoms with Crippen LogP contribution in [0.3, 0.4) is 0 Å². The molecule has 0 aromatic carbocycles. The number of hydrogen-bond acceptors (Lipinski definition) is 4. The number of nitrogens with one attached hydrogen (secondary N) is 1. The Bertz CT molecular complexity index is 384. The molecule has 0 fully saturated rings. The van der Waals surface area contributed by atoms with Crippen molar-refractivity contribution in [2.24, 2.45) is 5.92 Å². The van der Waals surface area contributed by atoms with E-state index in [-0.39, 0.29) is 0 Å². The standard InChI is InChI=1S/C12H18ClN3S/c1-3-5-6-9(4-2)8-15-12-16-11(13)10(7-14)17-12/h9H,3-6,8H2,1-2H3,(H,15,16). The van der Waals surface area contributed by atoms with Gasteiger partial charge in [0.15, 0.2) is 10.3 Å². The molecule has 1 N–H and O–H groups in total. The number of halogens is 1. The summed E-state index contributed by atoms with van der Waals surface area (Å²) < 4.78 is 0. The van der Waals surface area contributed by atoms with E-state index in [1.165, 1.54) is 30.6 Å². The first-order chi connectivity index (χ1) is 8.21. The van der Waals surface area contributed by atoms with Crippen LogP contribution in [0, 0.1) is 17.2 Å². The summed E-state index contributed by atoms with van der Waals surface area (Å²) in [5.41, 5.74) is 0. The normalized spacial score (nSPS) is 12.1. The summed E-state index contributed by atoms with van der Waals surface area (Å²) in [6, 6.07) is 2.04. The lowest BCUT2D eigenvalue weighted by molar-refractivity contribution is 0.472. The maximum Gasteiger partial charge on any atom is 0.185 e. The highest BCUT2D eigenvalue weighted by molar-refractivity contribution is 7.16. The van der Waals surface area contributed by atoms with Gasteiger partial charge in [0.25, 0.3) is 0 Å². The van der Waals surface area contributed by atoms with Crippen LogP contribution in [0.4, 0.5) is 5.13 Å². The van der Waals surface area contributed by atoms with Crippen molar-refractivity contribution in [2.75, 3.05) is 11.9 Å². The van der Waals surface area contributed by atoms with Crippen LogP contribution < -0.4 is 5.32 Å². The van der Waals surface area contributed by atoms with Gasteiger partial charge >= 0.3 is 0 Å². The second-order valence-corrected chi connectivity index (χ2v) is 5.41. The van der Waals surface area contributed by atoms with Gasteiger partial charge in [0.1, 0.15) is 10.9 Å². The number of nitriles is 1. The third-order valence-electron chi connectivity index (χ3n) is 2.77. The van der Waals surface area contributed by atoms with Gasteiger partial charge in [-0.25, -0.2) is 4.98 Å². The molecule has 0 radical (unpaired) electrons. The minimum absolute atomic E-state index is 0.307. The monoisotopic (exact) mass is 271 g/mol. The number of thiazole rings is 1. The topological polar surface area (TPSA) is 48.7 Å². The van der Waals surface area contributed by atoms with Gasteiger partial charge < -0.3 is 5.32 Å². The Hall–Kier alpha value is -0.790. The van der Waals surface area contributed by atoms with Crippen molar-refractivity contribution in [3.63, 3.8) is 0 Å². The molecule has 0 aliphatic heterocycles. The molecule has 0 bridgehead atoms. The highest BCUT2D eigenvalue weighted by Gasteiger charge is 2.10. The summed E-state index contributed by atoms with van der Waals surface area (Å²) >= 11 is 7.14. The van der Waals surface area contributed by atoms with Crippen molar-refractivity contribution in [3.05, 3.63) is 10.0 Å². The highest BCUT2D eigenvalue weighted by atomic mass is 35.5. The average Bonchev–Trinajstić information content (AvgIpc) is 2.70. The van der Waals surface area contributed by atoms with Crippen LogP contribution in [0.25, 0.3) is 0 Å². The smallest absolute Gasteiger partial charge is 0.185 e. The molecule has 17 heavy (non-hydrogen) atoms. The molecule has 0 aliphatic rings. The third kappa shape index (κ3) is 4.53. The first kappa shape index (κ1) is 14.3. The summed E-state index contributed by atoms with van der Waals surface area (Å²) in [6.07, 6.45) is 4.90. The van der Waals surface area contributed by atoms with Crippen molar-refractivity contribution >= 4 is 28.1 Å². The van der Waals surface area contributed by atoms with E-state index >= 15 is 0 Å². The third-order valence-corrected chi connectivity index (χ3v) is 4.08. The van der Waals surface area contributed by atoms with Crippen LogP contribution in [0.2, 0.25) is 5.15 Å². The maximum atomic E-state index is 8.78. The highest BCUT2D eigenvalue weighted by Crippen LogP contribution is 2.26. The van der Waals surface area contributed by atoms with Crippen molar-refractivity contribution in [2.45, 2.75) is 39.5 Å².